The Morgan fingerprint density at radius 2 is 1.75 bits per heavy atom. The van der Waals surface area contributed by atoms with Gasteiger partial charge >= 0.3 is 0 Å². The molecular formula is C10H14N2O3S. The zero-order valence-corrected chi connectivity index (χ0v) is 10.2. The zero-order valence-electron chi connectivity index (χ0n) is 9.37. The first-order chi connectivity index (χ1) is 7.63. The van der Waals surface area contributed by atoms with Crippen LogP contribution in [0.5, 0.6) is 17.2 Å². The summed E-state index contributed by atoms with van der Waals surface area (Å²) in [5.41, 5.74) is 6.03. The maximum Gasteiger partial charge on any atom is 0.205 e. The number of thiocarbonyl (C=S) groups is 1. The zero-order chi connectivity index (χ0) is 12.1. The number of nitrogens with two attached hydrogens (primary N) is 1. The third-order valence-electron chi connectivity index (χ3n) is 1.96. The van der Waals surface area contributed by atoms with Crippen LogP contribution in [0.3, 0.4) is 0 Å². The van der Waals surface area contributed by atoms with Crippen molar-refractivity contribution in [2.45, 2.75) is 0 Å². The fourth-order valence-electron chi connectivity index (χ4n) is 1.33. The molecule has 0 bridgehead atoms. The first-order valence-corrected chi connectivity index (χ1v) is 4.90. The first kappa shape index (κ1) is 12.4. The summed E-state index contributed by atoms with van der Waals surface area (Å²) < 4.78 is 15.6. The second-order valence-corrected chi connectivity index (χ2v) is 3.31. The second kappa shape index (κ2) is 5.41. The van der Waals surface area contributed by atoms with Gasteiger partial charge in [0.2, 0.25) is 5.75 Å². The Morgan fingerprint density at radius 1 is 1.12 bits per heavy atom. The van der Waals surface area contributed by atoms with Crippen molar-refractivity contribution in [3.63, 3.8) is 0 Å². The quantitative estimate of drug-likeness (QED) is 0.777. The summed E-state index contributed by atoms with van der Waals surface area (Å²) in [6.45, 7) is 0. The van der Waals surface area contributed by atoms with E-state index in [4.69, 9.17) is 32.2 Å². The van der Waals surface area contributed by atoms with Crippen LogP contribution in [0.15, 0.2) is 12.1 Å². The van der Waals surface area contributed by atoms with E-state index in [1.54, 1.807) is 19.2 Å². The van der Waals surface area contributed by atoms with Gasteiger partial charge in [-0.25, -0.2) is 0 Å². The molecule has 6 heteroatoms. The maximum absolute atomic E-state index is 5.40. The summed E-state index contributed by atoms with van der Waals surface area (Å²) in [5, 5.41) is 2.96. The topological polar surface area (TPSA) is 65.7 Å². The molecule has 0 saturated carbocycles. The lowest BCUT2D eigenvalue weighted by atomic mass is 10.2. The average molecular weight is 242 g/mol. The van der Waals surface area contributed by atoms with Crippen molar-refractivity contribution in [1.29, 1.82) is 0 Å². The molecule has 1 rings (SSSR count). The Bertz CT molecular complexity index is 396. The lowest BCUT2D eigenvalue weighted by Gasteiger charge is -2.15. The Balaban J connectivity index is 3.25. The molecule has 0 spiro atoms. The van der Waals surface area contributed by atoms with Gasteiger partial charge in [0.05, 0.1) is 27.0 Å². The molecule has 16 heavy (non-hydrogen) atoms. The van der Waals surface area contributed by atoms with Gasteiger partial charge in [-0.15, -0.1) is 0 Å². The normalized spacial score (nSPS) is 9.44. The minimum absolute atomic E-state index is 0.158. The van der Waals surface area contributed by atoms with Gasteiger partial charge in [-0.2, -0.15) is 0 Å². The van der Waals surface area contributed by atoms with Crippen LogP contribution in [0.25, 0.3) is 0 Å². The third kappa shape index (κ3) is 2.46. The molecular weight excluding hydrogens is 228 g/mol. The van der Waals surface area contributed by atoms with E-state index >= 15 is 0 Å². The summed E-state index contributed by atoms with van der Waals surface area (Å²) in [7, 11) is 4.62. The monoisotopic (exact) mass is 242 g/mol. The molecule has 0 unspecified atom stereocenters. The van der Waals surface area contributed by atoms with Crippen molar-refractivity contribution in [1.82, 2.24) is 0 Å². The molecule has 5 nitrogen and oxygen atoms in total. The van der Waals surface area contributed by atoms with Gasteiger partial charge < -0.3 is 25.3 Å². The molecule has 1 aromatic carbocycles. The van der Waals surface area contributed by atoms with Crippen molar-refractivity contribution in [3.05, 3.63) is 12.1 Å². The fourth-order valence-corrected chi connectivity index (χ4v) is 1.44. The van der Waals surface area contributed by atoms with Crippen molar-refractivity contribution >= 4 is 23.0 Å². The van der Waals surface area contributed by atoms with E-state index in [2.05, 4.69) is 5.32 Å². The Kier molecular flexibility index (Phi) is 4.19. The number of methoxy groups -OCH3 is 3. The highest BCUT2D eigenvalue weighted by atomic mass is 32.1. The molecule has 0 heterocycles. The molecule has 0 aliphatic carbocycles. The summed E-state index contributed by atoms with van der Waals surface area (Å²) in [6.07, 6.45) is 0. The third-order valence-corrected chi connectivity index (χ3v) is 2.06. The summed E-state index contributed by atoms with van der Waals surface area (Å²) in [5.74, 6) is 1.56. The number of rotatable bonds is 4. The molecule has 0 aromatic heterocycles. The van der Waals surface area contributed by atoms with Crippen LogP contribution in [0.4, 0.5) is 5.69 Å². The molecule has 0 aliphatic heterocycles. The van der Waals surface area contributed by atoms with Gasteiger partial charge in [0.25, 0.3) is 0 Å². The Hall–Kier alpha value is -1.69. The first-order valence-electron chi connectivity index (χ1n) is 4.49. The van der Waals surface area contributed by atoms with Gasteiger partial charge in [-0.3, -0.25) is 0 Å². The highest BCUT2D eigenvalue weighted by Crippen LogP contribution is 2.42. The second-order valence-electron chi connectivity index (χ2n) is 2.87. The smallest absolute Gasteiger partial charge is 0.205 e. The van der Waals surface area contributed by atoms with E-state index in [1.807, 2.05) is 0 Å². The van der Waals surface area contributed by atoms with Crippen LogP contribution < -0.4 is 25.3 Å². The van der Waals surface area contributed by atoms with Crippen LogP contribution in [0.2, 0.25) is 0 Å². The van der Waals surface area contributed by atoms with Gasteiger partial charge in [0.15, 0.2) is 16.6 Å². The summed E-state index contributed by atoms with van der Waals surface area (Å²) in [6, 6.07) is 3.49. The van der Waals surface area contributed by atoms with E-state index in [1.165, 1.54) is 14.2 Å². The molecule has 3 N–H and O–H groups in total. The SMILES string of the molecule is COc1ccc(NC(N)=S)c(OC)c1OC. The lowest BCUT2D eigenvalue weighted by Crippen LogP contribution is -2.19. The van der Waals surface area contributed by atoms with Crippen LogP contribution >= 0.6 is 12.2 Å². The highest BCUT2D eigenvalue weighted by molar-refractivity contribution is 7.80. The number of nitrogens with one attached hydrogen (secondary N) is 1. The predicted molar refractivity (Wildman–Crippen MR) is 66.5 cm³/mol. The van der Waals surface area contributed by atoms with Crippen LogP contribution in [-0.2, 0) is 0 Å². The van der Waals surface area contributed by atoms with E-state index in [-0.39, 0.29) is 5.11 Å². The molecule has 0 fully saturated rings. The van der Waals surface area contributed by atoms with Crippen molar-refractivity contribution < 1.29 is 14.2 Å². The maximum atomic E-state index is 5.40. The standard InChI is InChI=1S/C10H14N2O3S/c1-13-7-5-4-6(12-10(11)16)8(14-2)9(7)15-3/h4-5H,1-3H3,(H3,11,12,16). The average Bonchev–Trinajstić information content (AvgIpc) is 2.27. The van der Waals surface area contributed by atoms with Gasteiger partial charge in [-0.05, 0) is 24.4 Å². The minimum Gasteiger partial charge on any atom is -0.493 e. The molecule has 0 atom stereocenters. The number of anilines is 1. The number of benzene rings is 1. The molecule has 0 amide bonds. The van der Waals surface area contributed by atoms with Crippen LogP contribution in [-0.4, -0.2) is 26.4 Å². The summed E-state index contributed by atoms with van der Waals surface area (Å²) >= 11 is 4.76. The van der Waals surface area contributed by atoms with E-state index in [0.29, 0.717) is 22.9 Å². The lowest BCUT2D eigenvalue weighted by molar-refractivity contribution is 0.325. The van der Waals surface area contributed by atoms with Crippen LogP contribution in [0.1, 0.15) is 0 Å². The van der Waals surface area contributed by atoms with Gasteiger partial charge in [0.1, 0.15) is 0 Å². The fraction of sp³-hybridized carbons (Fsp3) is 0.300. The van der Waals surface area contributed by atoms with E-state index in [9.17, 15) is 0 Å². The molecule has 0 saturated heterocycles. The largest absolute Gasteiger partial charge is 0.493 e. The van der Waals surface area contributed by atoms with Crippen molar-refractivity contribution in [3.8, 4) is 17.2 Å². The predicted octanol–water partition coefficient (Wildman–Crippen LogP) is 1.37. The minimum atomic E-state index is 0.158. The van der Waals surface area contributed by atoms with E-state index in [0.717, 1.165) is 0 Å². The summed E-state index contributed by atoms with van der Waals surface area (Å²) in [4.78, 5) is 0. The molecule has 88 valence electrons. The number of hydrogen-bond donors (Lipinski definition) is 2. The van der Waals surface area contributed by atoms with Gasteiger partial charge in [0, 0.05) is 0 Å². The van der Waals surface area contributed by atoms with Crippen molar-refractivity contribution in [2.24, 2.45) is 5.73 Å². The van der Waals surface area contributed by atoms with Gasteiger partial charge in [-0.1, -0.05) is 0 Å². The number of ether oxygens (including phenoxy) is 3. The Labute approximate surface area is 99.5 Å². The van der Waals surface area contributed by atoms with Crippen molar-refractivity contribution in [2.75, 3.05) is 26.6 Å². The molecule has 0 aliphatic rings. The molecule has 0 radical (unpaired) electrons. The highest BCUT2D eigenvalue weighted by Gasteiger charge is 2.15. The van der Waals surface area contributed by atoms with E-state index < -0.39 is 0 Å². The molecule has 1 aromatic rings. The number of hydrogen-bond acceptors (Lipinski definition) is 4. The van der Waals surface area contributed by atoms with Crippen LogP contribution in [0, 0.1) is 0 Å². The Morgan fingerprint density at radius 3 is 2.19 bits per heavy atom.